The molecule has 24 heavy (non-hydrogen) atoms. The summed E-state index contributed by atoms with van der Waals surface area (Å²) in [6.45, 7) is 5.34. The minimum Gasteiger partial charge on any atom is -0.381 e. The number of ether oxygens (including phenoxy) is 2. The summed E-state index contributed by atoms with van der Waals surface area (Å²) in [5, 5.41) is 3.48. The Bertz CT molecular complexity index is 541. The molecule has 132 valence electrons. The Labute approximate surface area is 145 Å². The standard InChI is InChI=1S/C19H29N3O2/c1-20-19(21-10-4-12-24-18-8-13-23-14-9-18)22-11-7-16-5-2-3-6-17(16)15-22/h2-3,5-6,18H,4,7-15H2,1H3,(H,20,21). The Morgan fingerprint density at radius 2 is 2.08 bits per heavy atom. The van der Waals surface area contributed by atoms with E-state index < -0.39 is 0 Å². The summed E-state index contributed by atoms with van der Waals surface area (Å²) in [6.07, 6.45) is 4.53. The molecule has 0 atom stereocenters. The topological polar surface area (TPSA) is 46.1 Å². The third-order valence-electron chi connectivity index (χ3n) is 4.77. The zero-order valence-corrected chi connectivity index (χ0v) is 14.7. The zero-order chi connectivity index (χ0) is 16.6. The first-order valence-corrected chi connectivity index (χ1v) is 9.08. The van der Waals surface area contributed by atoms with Crippen LogP contribution in [0.3, 0.4) is 0 Å². The van der Waals surface area contributed by atoms with Crippen LogP contribution in [-0.2, 0) is 22.4 Å². The van der Waals surface area contributed by atoms with Crippen LogP contribution in [0.4, 0.5) is 0 Å². The molecule has 0 aromatic heterocycles. The van der Waals surface area contributed by atoms with E-state index in [-0.39, 0.29) is 0 Å². The summed E-state index contributed by atoms with van der Waals surface area (Å²) in [4.78, 5) is 6.78. The molecule has 1 aromatic carbocycles. The Morgan fingerprint density at radius 3 is 2.88 bits per heavy atom. The lowest BCUT2D eigenvalue weighted by Crippen LogP contribution is -2.44. The minimum absolute atomic E-state index is 0.386. The summed E-state index contributed by atoms with van der Waals surface area (Å²) in [6, 6.07) is 8.69. The molecular formula is C19H29N3O2. The molecular weight excluding hydrogens is 302 g/mol. The molecule has 0 aliphatic carbocycles. The van der Waals surface area contributed by atoms with Crippen molar-refractivity contribution in [2.75, 3.05) is 40.0 Å². The third-order valence-corrected chi connectivity index (χ3v) is 4.77. The van der Waals surface area contributed by atoms with Crippen molar-refractivity contribution in [2.24, 2.45) is 4.99 Å². The van der Waals surface area contributed by atoms with Gasteiger partial charge in [0.2, 0.25) is 0 Å². The number of fused-ring (bicyclic) bond motifs is 1. The second-order valence-electron chi connectivity index (χ2n) is 6.45. The van der Waals surface area contributed by atoms with E-state index in [0.29, 0.717) is 6.10 Å². The van der Waals surface area contributed by atoms with Gasteiger partial charge in [-0.1, -0.05) is 24.3 Å². The van der Waals surface area contributed by atoms with Crippen molar-refractivity contribution in [2.45, 2.75) is 38.3 Å². The van der Waals surface area contributed by atoms with Gasteiger partial charge in [-0.3, -0.25) is 4.99 Å². The van der Waals surface area contributed by atoms with Gasteiger partial charge in [0, 0.05) is 46.5 Å². The molecule has 1 aromatic rings. The van der Waals surface area contributed by atoms with Crippen molar-refractivity contribution >= 4 is 5.96 Å². The molecule has 2 aliphatic rings. The Morgan fingerprint density at radius 1 is 1.29 bits per heavy atom. The van der Waals surface area contributed by atoms with Crippen LogP contribution in [0.25, 0.3) is 0 Å². The van der Waals surface area contributed by atoms with E-state index in [1.807, 2.05) is 7.05 Å². The predicted octanol–water partition coefficient (Wildman–Crippen LogP) is 2.21. The first-order valence-electron chi connectivity index (χ1n) is 9.08. The molecule has 2 heterocycles. The second-order valence-corrected chi connectivity index (χ2v) is 6.45. The SMILES string of the molecule is CN=C(NCCCOC1CCOCC1)N1CCc2ccccc2C1. The van der Waals surface area contributed by atoms with E-state index in [2.05, 4.69) is 39.5 Å². The first-order chi connectivity index (χ1) is 11.9. The van der Waals surface area contributed by atoms with Gasteiger partial charge < -0.3 is 19.7 Å². The number of benzene rings is 1. The molecule has 2 aliphatic heterocycles. The highest BCUT2D eigenvalue weighted by Crippen LogP contribution is 2.18. The normalized spacial score (nSPS) is 19.2. The maximum Gasteiger partial charge on any atom is 0.193 e. The van der Waals surface area contributed by atoms with Crippen molar-refractivity contribution in [1.29, 1.82) is 0 Å². The lowest BCUT2D eigenvalue weighted by Gasteiger charge is -2.31. The Hall–Kier alpha value is -1.59. The van der Waals surface area contributed by atoms with Gasteiger partial charge >= 0.3 is 0 Å². The van der Waals surface area contributed by atoms with Gasteiger partial charge in [0.25, 0.3) is 0 Å². The lowest BCUT2D eigenvalue weighted by atomic mass is 10.0. The van der Waals surface area contributed by atoms with Crippen LogP contribution in [0.5, 0.6) is 0 Å². The van der Waals surface area contributed by atoms with E-state index in [1.54, 1.807) is 0 Å². The van der Waals surface area contributed by atoms with Crippen LogP contribution < -0.4 is 5.32 Å². The summed E-state index contributed by atoms with van der Waals surface area (Å²) in [7, 11) is 1.86. The fraction of sp³-hybridized carbons (Fsp3) is 0.632. The largest absolute Gasteiger partial charge is 0.381 e. The molecule has 0 bridgehead atoms. The van der Waals surface area contributed by atoms with E-state index in [4.69, 9.17) is 9.47 Å². The first kappa shape index (κ1) is 17.2. The van der Waals surface area contributed by atoms with E-state index >= 15 is 0 Å². The van der Waals surface area contributed by atoms with Crippen molar-refractivity contribution < 1.29 is 9.47 Å². The van der Waals surface area contributed by atoms with Crippen LogP contribution in [0, 0.1) is 0 Å². The highest BCUT2D eigenvalue weighted by Gasteiger charge is 2.18. The van der Waals surface area contributed by atoms with Crippen LogP contribution in [-0.4, -0.2) is 56.9 Å². The average Bonchev–Trinajstić information content (AvgIpc) is 2.65. The number of hydrogen-bond acceptors (Lipinski definition) is 3. The summed E-state index contributed by atoms with van der Waals surface area (Å²) >= 11 is 0. The van der Waals surface area contributed by atoms with Crippen LogP contribution in [0.15, 0.2) is 29.3 Å². The summed E-state index contributed by atoms with van der Waals surface area (Å²) in [5.41, 5.74) is 2.88. The molecule has 5 nitrogen and oxygen atoms in total. The van der Waals surface area contributed by atoms with Crippen molar-refractivity contribution in [3.05, 3.63) is 35.4 Å². The molecule has 1 N–H and O–H groups in total. The smallest absolute Gasteiger partial charge is 0.193 e. The van der Waals surface area contributed by atoms with Gasteiger partial charge in [-0.2, -0.15) is 0 Å². The van der Waals surface area contributed by atoms with E-state index in [1.165, 1.54) is 11.1 Å². The van der Waals surface area contributed by atoms with E-state index in [0.717, 1.165) is 71.1 Å². The highest BCUT2D eigenvalue weighted by molar-refractivity contribution is 5.80. The zero-order valence-electron chi connectivity index (χ0n) is 14.7. The number of hydrogen-bond donors (Lipinski definition) is 1. The van der Waals surface area contributed by atoms with Gasteiger partial charge in [0.1, 0.15) is 0 Å². The maximum absolute atomic E-state index is 5.92. The predicted molar refractivity (Wildman–Crippen MR) is 96.3 cm³/mol. The van der Waals surface area contributed by atoms with Gasteiger partial charge in [0.15, 0.2) is 5.96 Å². The fourth-order valence-corrected chi connectivity index (χ4v) is 3.37. The molecule has 1 saturated heterocycles. The summed E-state index contributed by atoms with van der Waals surface area (Å²) in [5.74, 6) is 0.996. The molecule has 0 unspecified atom stereocenters. The van der Waals surface area contributed by atoms with Crippen molar-refractivity contribution in [3.8, 4) is 0 Å². The van der Waals surface area contributed by atoms with Crippen LogP contribution in [0.1, 0.15) is 30.4 Å². The number of guanidine groups is 1. The Kier molecular flexibility index (Phi) is 6.49. The van der Waals surface area contributed by atoms with Gasteiger partial charge in [-0.25, -0.2) is 0 Å². The minimum atomic E-state index is 0.386. The highest BCUT2D eigenvalue weighted by atomic mass is 16.5. The van der Waals surface area contributed by atoms with Crippen molar-refractivity contribution in [3.63, 3.8) is 0 Å². The fourth-order valence-electron chi connectivity index (χ4n) is 3.37. The molecule has 0 radical (unpaired) electrons. The number of rotatable bonds is 5. The van der Waals surface area contributed by atoms with Gasteiger partial charge in [-0.05, 0) is 36.8 Å². The number of nitrogens with one attached hydrogen (secondary N) is 1. The quantitative estimate of drug-likeness (QED) is 0.510. The molecule has 1 fully saturated rings. The van der Waals surface area contributed by atoms with Gasteiger partial charge in [0.05, 0.1) is 6.10 Å². The van der Waals surface area contributed by atoms with Crippen LogP contribution in [0.2, 0.25) is 0 Å². The average molecular weight is 331 g/mol. The van der Waals surface area contributed by atoms with Gasteiger partial charge in [-0.15, -0.1) is 0 Å². The third kappa shape index (κ3) is 4.71. The summed E-state index contributed by atoms with van der Waals surface area (Å²) < 4.78 is 11.3. The maximum atomic E-state index is 5.92. The van der Waals surface area contributed by atoms with Crippen LogP contribution >= 0.6 is 0 Å². The monoisotopic (exact) mass is 331 g/mol. The Balaban J connectivity index is 1.38. The molecule has 5 heteroatoms. The molecule has 0 spiro atoms. The second kappa shape index (κ2) is 9.04. The molecule has 0 amide bonds. The lowest BCUT2D eigenvalue weighted by molar-refractivity contribution is -0.0320. The number of aliphatic imine (C=N–C) groups is 1. The molecule has 3 rings (SSSR count). The number of nitrogens with zero attached hydrogens (tertiary/aromatic N) is 2. The van der Waals surface area contributed by atoms with Crippen molar-refractivity contribution in [1.82, 2.24) is 10.2 Å². The molecule has 0 saturated carbocycles. The van der Waals surface area contributed by atoms with E-state index in [9.17, 15) is 0 Å².